The predicted molar refractivity (Wildman–Crippen MR) is 102 cm³/mol. The first-order valence-corrected chi connectivity index (χ1v) is 9.37. The number of amides is 1. The number of carboxylic acids is 1. The van der Waals surface area contributed by atoms with Crippen LogP contribution < -0.4 is 0 Å². The molecular formula is C22H23NO5. The number of benzene rings is 1. The van der Waals surface area contributed by atoms with E-state index in [9.17, 15) is 19.5 Å². The van der Waals surface area contributed by atoms with Gasteiger partial charge in [0.1, 0.15) is 5.41 Å². The van der Waals surface area contributed by atoms with Crippen molar-refractivity contribution in [3.63, 3.8) is 0 Å². The molecule has 146 valence electrons. The zero-order chi connectivity index (χ0) is 20.1. The summed E-state index contributed by atoms with van der Waals surface area (Å²) in [6, 6.07) is 9.39. The minimum atomic E-state index is -1.24. The van der Waals surface area contributed by atoms with Gasteiger partial charge in [0.15, 0.2) is 0 Å². The fourth-order valence-corrected chi connectivity index (χ4v) is 4.19. The number of fused-ring (bicyclic) bond motifs is 1. The van der Waals surface area contributed by atoms with Crippen LogP contribution in [0.5, 0.6) is 0 Å². The summed E-state index contributed by atoms with van der Waals surface area (Å²) in [5.41, 5.74) is 0.135. The topological polar surface area (TPSA) is 83.9 Å². The number of hydrogen-bond donors (Lipinski definition) is 1. The van der Waals surface area contributed by atoms with Gasteiger partial charge in [0.2, 0.25) is 5.91 Å². The highest BCUT2D eigenvalue weighted by Crippen LogP contribution is 2.52. The van der Waals surface area contributed by atoms with Gasteiger partial charge in [-0.05, 0) is 31.4 Å². The van der Waals surface area contributed by atoms with Crippen LogP contribution in [0.2, 0.25) is 0 Å². The molecule has 0 unspecified atom stereocenters. The number of carboxylic acid groups (broad SMARTS) is 1. The number of allylic oxidation sites excluding steroid dienone is 1. The minimum absolute atomic E-state index is 0.106. The predicted octanol–water partition coefficient (Wildman–Crippen LogP) is 2.59. The average molecular weight is 381 g/mol. The van der Waals surface area contributed by atoms with Crippen LogP contribution in [0.3, 0.4) is 0 Å². The Bertz CT molecular complexity index is 864. The number of carbonyl (C=O) groups excluding carboxylic acids is 2. The quantitative estimate of drug-likeness (QED) is 0.640. The lowest BCUT2D eigenvalue weighted by atomic mass is 9.71. The van der Waals surface area contributed by atoms with E-state index >= 15 is 0 Å². The van der Waals surface area contributed by atoms with Crippen molar-refractivity contribution in [2.24, 2.45) is 11.3 Å². The van der Waals surface area contributed by atoms with Crippen molar-refractivity contribution >= 4 is 17.8 Å². The molecule has 28 heavy (non-hydrogen) atoms. The van der Waals surface area contributed by atoms with Gasteiger partial charge in [0.05, 0.1) is 26.0 Å². The second-order valence-corrected chi connectivity index (χ2v) is 7.04. The van der Waals surface area contributed by atoms with Gasteiger partial charge in [-0.25, -0.2) is 0 Å². The molecule has 1 aliphatic heterocycles. The summed E-state index contributed by atoms with van der Waals surface area (Å²) in [6.07, 6.45) is 4.20. The van der Waals surface area contributed by atoms with Crippen LogP contribution in [0.4, 0.5) is 0 Å². The fraction of sp³-hybridized carbons (Fsp3) is 0.409. The normalized spacial score (nSPS) is 23.8. The van der Waals surface area contributed by atoms with Crippen LogP contribution in [-0.2, 0) is 19.1 Å². The summed E-state index contributed by atoms with van der Waals surface area (Å²) in [4.78, 5) is 38.9. The molecule has 1 amide bonds. The van der Waals surface area contributed by atoms with Crippen LogP contribution >= 0.6 is 0 Å². The maximum atomic E-state index is 13.1. The molecule has 1 heterocycles. The van der Waals surface area contributed by atoms with Crippen LogP contribution in [0.25, 0.3) is 0 Å². The number of ether oxygens (including phenoxy) is 1. The summed E-state index contributed by atoms with van der Waals surface area (Å²) >= 11 is 0. The Morgan fingerprint density at radius 1 is 1.29 bits per heavy atom. The Morgan fingerprint density at radius 3 is 2.71 bits per heavy atom. The van der Waals surface area contributed by atoms with E-state index in [1.807, 2.05) is 36.4 Å². The standard InChI is InChI=1S/C22H23NO5/c1-28-21(27)22-13-7-3-6-12-18(22)23(20(26)17(22)15-19(24)25)14-8-11-16-9-4-2-5-10-16/h2,4-5,9-10,12,17H,3,6-7,13-15H2,1H3,(H,24,25)/t17-,22-/m0/s1. The number of aliphatic carboxylic acids is 1. The van der Waals surface area contributed by atoms with E-state index in [-0.39, 0.29) is 12.5 Å². The molecule has 1 N–H and O–H groups in total. The zero-order valence-corrected chi connectivity index (χ0v) is 15.8. The molecule has 1 saturated heterocycles. The molecule has 0 spiro atoms. The van der Waals surface area contributed by atoms with E-state index in [2.05, 4.69) is 11.8 Å². The second-order valence-electron chi connectivity index (χ2n) is 7.04. The Balaban J connectivity index is 1.99. The molecule has 1 aromatic carbocycles. The van der Waals surface area contributed by atoms with Gasteiger partial charge >= 0.3 is 11.9 Å². The highest BCUT2D eigenvalue weighted by molar-refractivity contribution is 5.98. The molecule has 0 radical (unpaired) electrons. The summed E-state index contributed by atoms with van der Waals surface area (Å²) in [5, 5.41) is 9.36. The first kappa shape index (κ1) is 19.7. The summed E-state index contributed by atoms with van der Waals surface area (Å²) in [7, 11) is 1.28. The average Bonchev–Trinajstić information content (AvgIpc) is 2.84. The Kier molecular flexibility index (Phi) is 5.84. The van der Waals surface area contributed by atoms with Crippen LogP contribution in [0, 0.1) is 23.2 Å². The van der Waals surface area contributed by atoms with E-state index in [1.165, 1.54) is 12.0 Å². The third-order valence-corrected chi connectivity index (χ3v) is 5.44. The summed E-state index contributed by atoms with van der Waals surface area (Å²) < 4.78 is 5.04. The van der Waals surface area contributed by atoms with Crippen molar-refractivity contribution in [1.29, 1.82) is 0 Å². The first-order chi connectivity index (χ1) is 13.5. The maximum absolute atomic E-state index is 13.1. The summed E-state index contributed by atoms with van der Waals surface area (Å²) in [6.45, 7) is 0.106. The molecule has 1 aromatic rings. The summed E-state index contributed by atoms with van der Waals surface area (Å²) in [5.74, 6) is 3.01. The van der Waals surface area contributed by atoms with E-state index in [4.69, 9.17) is 4.74 Å². The van der Waals surface area contributed by atoms with Crippen molar-refractivity contribution in [1.82, 2.24) is 4.90 Å². The molecule has 1 aliphatic carbocycles. The van der Waals surface area contributed by atoms with Crippen molar-refractivity contribution in [2.45, 2.75) is 32.1 Å². The third kappa shape index (κ3) is 3.53. The molecule has 0 bridgehead atoms. The van der Waals surface area contributed by atoms with Gasteiger partial charge in [-0.15, -0.1) is 0 Å². The number of rotatable bonds is 4. The first-order valence-electron chi connectivity index (χ1n) is 9.37. The van der Waals surface area contributed by atoms with Gasteiger partial charge in [-0.3, -0.25) is 14.4 Å². The van der Waals surface area contributed by atoms with Gasteiger partial charge in [-0.1, -0.05) is 42.5 Å². The van der Waals surface area contributed by atoms with Crippen LogP contribution in [-0.4, -0.2) is 41.5 Å². The number of hydrogen-bond acceptors (Lipinski definition) is 4. The van der Waals surface area contributed by atoms with Gasteiger partial charge in [-0.2, -0.15) is 0 Å². The van der Waals surface area contributed by atoms with Crippen LogP contribution in [0.15, 0.2) is 42.1 Å². The smallest absolute Gasteiger partial charge is 0.318 e. The molecule has 0 aromatic heterocycles. The zero-order valence-electron chi connectivity index (χ0n) is 15.8. The fourth-order valence-electron chi connectivity index (χ4n) is 4.19. The number of nitrogens with zero attached hydrogens (tertiary/aromatic N) is 1. The number of methoxy groups -OCH3 is 1. The second kappa shape index (κ2) is 8.30. The van der Waals surface area contributed by atoms with Crippen LogP contribution in [0.1, 0.15) is 37.7 Å². The van der Waals surface area contributed by atoms with E-state index in [0.29, 0.717) is 12.1 Å². The Labute approximate surface area is 164 Å². The molecule has 2 aliphatic rings. The lowest BCUT2D eigenvalue weighted by Gasteiger charge is -2.31. The lowest BCUT2D eigenvalue weighted by Crippen LogP contribution is -2.40. The van der Waals surface area contributed by atoms with E-state index in [0.717, 1.165) is 24.8 Å². The Morgan fingerprint density at radius 2 is 2.04 bits per heavy atom. The molecule has 0 saturated carbocycles. The SMILES string of the molecule is COC(=O)[C@]12CCCCC=C1N(CC#Cc1ccccc1)C(=O)[C@@H]2CC(=O)O. The van der Waals surface area contributed by atoms with E-state index in [1.54, 1.807) is 0 Å². The Hall–Kier alpha value is -3.07. The van der Waals surface area contributed by atoms with Gasteiger partial charge in [0.25, 0.3) is 0 Å². The van der Waals surface area contributed by atoms with Gasteiger partial charge in [0, 0.05) is 11.3 Å². The van der Waals surface area contributed by atoms with Crippen molar-refractivity contribution in [2.75, 3.05) is 13.7 Å². The number of likely N-dealkylation sites (tertiary alicyclic amines) is 1. The molecule has 2 atom stereocenters. The number of carbonyl (C=O) groups is 3. The largest absolute Gasteiger partial charge is 0.481 e. The van der Waals surface area contributed by atoms with Gasteiger partial charge < -0.3 is 14.7 Å². The number of esters is 1. The van der Waals surface area contributed by atoms with Crippen molar-refractivity contribution < 1.29 is 24.2 Å². The molecule has 3 rings (SSSR count). The minimum Gasteiger partial charge on any atom is -0.481 e. The molecule has 1 fully saturated rings. The monoisotopic (exact) mass is 381 g/mol. The third-order valence-electron chi connectivity index (χ3n) is 5.44. The van der Waals surface area contributed by atoms with Crippen molar-refractivity contribution in [3.05, 3.63) is 47.7 Å². The highest BCUT2D eigenvalue weighted by Gasteiger charge is 2.61. The van der Waals surface area contributed by atoms with Crippen molar-refractivity contribution in [3.8, 4) is 11.8 Å². The molecule has 6 nitrogen and oxygen atoms in total. The molecular weight excluding hydrogens is 358 g/mol. The highest BCUT2D eigenvalue weighted by atomic mass is 16.5. The van der Waals surface area contributed by atoms with E-state index < -0.39 is 29.7 Å². The lowest BCUT2D eigenvalue weighted by molar-refractivity contribution is -0.156. The maximum Gasteiger partial charge on any atom is 0.318 e. The molecule has 6 heteroatoms.